The molecule has 0 spiro atoms. The van der Waals surface area contributed by atoms with Gasteiger partial charge in [-0.15, -0.1) is 11.3 Å². The number of thiazole rings is 1. The molecule has 2 amide bonds. The van der Waals surface area contributed by atoms with Gasteiger partial charge >= 0.3 is 5.97 Å². The van der Waals surface area contributed by atoms with Gasteiger partial charge in [-0.05, 0) is 26.0 Å². The first-order valence-electron chi connectivity index (χ1n) is 10.5. The van der Waals surface area contributed by atoms with E-state index in [4.69, 9.17) is 9.47 Å². The SMILES string of the molecule is CC(OC(=O)CCN1C(=O)C(C)Oc2ccccc21)C(=O)Nc1nc(-c2ccccc2)cs1. The van der Waals surface area contributed by atoms with Crippen LogP contribution in [-0.4, -0.2) is 41.5 Å². The third kappa shape index (κ3) is 5.20. The van der Waals surface area contributed by atoms with Crippen molar-refractivity contribution in [2.24, 2.45) is 0 Å². The Morgan fingerprint density at radius 1 is 1.18 bits per heavy atom. The van der Waals surface area contributed by atoms with E-state index < -0.39 is 24.1 Å². The maximum absolute atomic E-state index is 12.5. The number of nitrogens with zero attached hydrogens (tertiary/aromatic N) is 2. The van der Waals surface area contributed by atoms with Crippen molar-refractivity contribution in [1.82, 2.24) is 4.98 Å². The van der Waals surface area contributed by atoms with Crippen LogP contribution < -0.4 is 15.0 Å². The third-order valence-corrected chi connectivity index (χ3v) is 5.85. The normalized spacial score (nSPS) is 15.9. The molecule has 1 aliphatic heterocycles. The lowest BCUT2D eigenvalue weighted by Gasteiger charge is -2.32. The molecule has 0 radical (unpaired) electrons. The van der Waals surface area contributed by atoms with Crippen molar-refractivity contribution < 1.29 is 23.9 Å². The second-order valence-electron chi connectivity index (χ2n) is 7.49. The third-order valence-electron chi connectivity index (χ3n) is 5.09. The molecule has 1 aromatic heterocycles. The minimum atomic E-state index is -1.01. The van der Waals surface area contributed by atoms with E-state index in [1.807, 2.05) is 41.8 Å². The van der Waals surface area contributed by atoms with Gasteiger partial charge in [0, 0.05) is 17.5 Å². The van der Waals surface area contributed by atoms with E-state index in [0.29, 0.717) is 16.6 Å². The van der Waals surface area contributed by atoms with Crippen LogP contribution in [0.4, 0.5) is 10.8 Å². The molecule has 33 heavy (non-hydrogen) atoms. The Kier molecular flexibility index (Phi) is 6.69. The first-order valence-corrected chi connectivity index (χ1v) is 11.4. The number of anilines is 2. The molecule has 2 aromatic carbocycles. The van der Waals surface area contributed by atoms with E-state index in [-0.39, 0.29) is 18.9 Å². The maximum atomic E-state index is 12.5. The van der Waals surface area contributed by atoms with Crippen LogP contribution >= 0.6 is 11.3 Å². The Bertz CT molecular complexity index is 1160. The van der Waals surface area contributed by atoms with Gasteiger partial charge < -0.3 is 14.4 Å². The largest absolute Gasteiger partial charge is 0.479 e. The molecule has 170 valence electrons. The summed E-state index contributed by atoms with van der Waals surface area (Å²) in [4.78, 5) is 43.2. The molecule has 1 aliphatic rings. The number of benzene rings is 2. The highest BCUT2D eigenvalue weighted by Gasteiger charge is 2.31. The highest BCUT2D eigenvalue weighted by molar-refractivity contribution is 7.14. The van der Waals surface area contributed by atoms with Crippen LogP contribution in [-0.2, 0) is 19.1 Å². The number of nitrogens with one attached hydrogen (secondary N) is 1. The summed E-state index contributed by atoms with van der Waals surface area (Å²) in [6, 6.07) is 16.8. The second-order valence-corrected chi connectivity index (χ2v) is 8.35. The van der Waals surface area contributed by atoms with Crippen molar-refractivity contribution in [1.29, 1.82) is 0 Å². The molecule has 1 N–H and O–H groups in total. The molecule has 2 heterocycles. The van der Waals surface area contributed by atoms with Gasteiger partial charge in [0.15, 0.2) is 17.3 Å². The number of rotatable bonds is 7. The molecular weight excluding hydrogens is 442 g/mol. The zero-order chi connectivity index (χ0) is 23.4. The van der Waals surface area contributed by atoms with Gasteiger partial charge in [0.1, 0.15) is 5.75 Å². The number of hydrogen-bond donors (Lipinski definition) is 1. The Hall–Kier alpha value is -3.72. The topological polar surface area (TPSA) is 97.8 Å². The van der Waals surface area contributed by atoms with Crippen LogP contribution in [0.3, 0.4) is 0 Å². The van der Waals surface area contributed by atoms with Crippen molar-refractivity contribution in [3.63, 3.8) is 0 Å². The summed E-state index contributed by atoms with van der Waals surface area (Å²) in [5.74, 6) is -0.695. The zero-order valence-corrected chi connectivity index (χ0v) is 19.0. The van der Waals surface area contributed by atoms with Crippen molar-refractivity contribution in [2.75, 3.05) is 16.8 Å². The smallest absolute Gasteiger partial charge is 0.308 e. The second kappa shape index (κ2) is 9.83. The number of hydrogen-bond acceptors (Lipinski definition) is 7. The van der Waals surface area contributed by atoms with Crippen LogP contribution in [0.15, 0.2) is 60.0 Å². The van der Waals surface area contributed by atoms with Gasteiger partial charge in [-0.1, -0.05) is 42.5 Å². The van der Waals surface area contributed by atoms with Crippen LogP contribution in [0.1, 0.15) is 20.3 Å². The molecule has 2 atom stereocenters. The first-order chi connectivity index (χ1) is 15.9. The fraction of sp³-hybridized carbons (Fsp3) is 0.250. The van der Waals surface area contributed by atoms with Gasteiger partial charge in [0.25, 0.3) is 11.8 Å². The lowest BCUT2D eigenvalue weighted by molar-refractivity contribution is -0.153. The van der Waals surface area contributed by atoms with E-state index in [1.165, 1.54) is 23.2 Å². The fourth-order valence-electron chi connectivity index (χ4n) is 3.38. The molecule has 8 nitrogen and oxygen atoms in total. The number of carbonyl (C=O) groups excluding carboxylic acids is 3. The van der Waals surface area contributed by atoms with Crippen molar-refractivity contribution in [3.8, 4) is 17.0 Å². The molecule has 4 rings (SSSR count). The van der Waals surface area contributed by atoms with Crippen molar-refractivity contribution >= 4 is 39.9 Å². The van der Waals surface area contributed by atoms with Crippen LogP contribution in [0, 0.1) is 0 Å². The van der Waals surface area contributed by atoms with Crippen molar-refractivity contribution in [3.05, 3.63) is 60.0 Å². The van der Waals surface area contributed by atoms with Gasteiger partial charge in [0.2, 0.25) is 0 Å². The Labute approximate surface area is 195 Å². The maximum Gasteiger partial charge on any atom is 0.308 e. The molecule has 3 aromatic rings. The number of ether oxygens (including phenoxy) is 2. The Morgan fingerprint density at radius 2 is 1.91 bits per heavy atom. The molecule has 0 aliphatic carbocycles. The van der Waals surface area contributed by atoms with Gasteiger partial charge in [0.05, 0.1) is 17.8 Å². The summed E-state index contributed by atoms with van der Waals surface area (Å²) in [6.07, 6.45) is -1.70. The number of aromatic nitrogens is 1. The number of para-hydroxylation sites is 2. The van der Waals surface area contributed by atoms with Gasteiger partial charge in [-0.2, -0.15) is 0 Å². The highest BCUT2D eigenvalue weighted by atomic mass is 32.1. The Morgan fingerprint density at radius 3 is 2.70 bits per heavy atom. The average molecular weight is 466 g/mol. The fourth-order valence-corrected chi connectivity index (χ4v) is 4.10. The number of fused-ring (bicyclic) bond motifs is 1. The van der Waals surface area contributed by atoms with E-state index in [9.17, 15) is 14.4 Å². The summed E-state index contributed by atoms with van der Waals surface area (Å²) < 4.78 is 10.9. The average Bonchev–Trinajstić information content (AvgIpc) is 3.28. The van der Waals surface area contributed by atoms with E-state index in [1.54, 1.807) is 25.1 Å². The zero-order valence-electron chi connectivity index (χ0n) is 18.2. The summed E-state index contributed by atoms with van der Waals surface area (Å²) in [6.45, 7) is 3.29. The number of carbonyl (C=O) groups is 3. The molecule has 0 saturated heterocycles. The summed E-state index contributed by atoms with van der Waals surface area (Å²) in [5, 5.41) is 4.95. The minimum absolute atomic E-state index is 0.0557. The molecular formula is C24H23N3O5S. The molecule has 2 unspecified atom stereocenters. The lowest BCUT2D eigenvalue weighted by atomic mass is 10.2. The quantitative estimate of drug-likeness (QED) is 0.532. The summed E-state index contributed by atoms with van der Waals surface area (Å²) in [7, 11) is 0. The molecule has 0 bridgehead atoms. The summed E-state index contributed by atoms with van der Waals surface area (Å²) >= 11 is 1.29. The molecule has 0 saturated carbocycles. The van der Waals surface area contributed by atoms with Gasteiger partial charge in [-0.3, -0.25) is 19.7 Å². The monoisotopic (exact) mass is 465 g/mol. The van der Waals surface area contributed by atoms with E-state index >= 15 is 0 Å². The van der Waals surface area contributed by atoms with Crippen molar-refractivity contribution in [2.45, 2.75) is 32.5 Å². The van der Waals surface area contributed by atoms with Gasteiger partial charge in [-0.25, -0.2) is 4.98 Å². The predicted molar refractivity (Wildman–Crippen MR) is 125 cm³/mol. The minimum Gasteiger partial charge on any atom is -0.479 e. The number of amides is 2. The van der Waals surface area contributed by atoms with E-state index in [2.05, 4.69) is 10.3 Å². The van der Waals surface area contributed by atoms with Crippen LogP contribution in [0.25, 0.3) is 11.3 Å². The van der Waals surface area contributed by atoms with Crippen LogP contribution in [0.5, 0.6) is 5.75 Å². The molecule has 9 heteroatoms. The predicted octanol–water partition coefficient (Wildman–Crippen LogP) is 3.88. The number of esters is 1. The van der Waals surface area contributed by atoms with E-state index in [0.717, 1.165) is 11.3 Å². The highest BCUT2D eigenvalue weighted by Crippen LogP contribution is 2.33. The lowest BCUT2D eigenvalue weighted by Crippen LogP contribution is -2.45. The Balaban J connectivity index is 1.30. The van der Waals surface area contributed by atoms with Crippen LogP contribution in [0.2, 0.25) is 0 Å². The standard InChI is InChI=1S/C24H23N3O5S/c1-15(22(29)26-24-25-18(14-33-24)17-8-4-3-5-9-17)32-21(28)12-13-27-19-10-6-7-11-20(19)31-16(2)23(27)30/h3-11,14-16H,12-13H2,1-2H3,(H,25,26,29). The summed E-state index contributed by atoms with van der Waals surface area (Å²) in [5.41, 5.74) is 2.31. The molecule has 0 fully saturated rings. The first kappa shape index (κ1) is 22.5.